The van der Waals surface area contributed by atoms with E-state index in [9.17, 15) is 19.2 Å². The van der Waals surface area contributed by atoms with E-state index in [1.54, 1.807) is 14.1 Å². The molecule has 7 nitrogen and oxygen atoms in total. The van der Waals surface area contributed by atoms with Crippen LogP contribution in [0.1, 0.15) is 28.1 Å². The molecule has 2 aliphatic carbocycles. The molecule has 2 aromatic rings. The van der Waals surface area contributed by atoms with E-state index in [-0.39, 0.29) is 47.3 Å². The molecule has 4 amide bonds. The van der Waals surface area contributed by atoms with E-state index in [1.807, 2.05) is 18.2 Å². The van der Waals surface area contributed by atoms with E-state index in [2.05, 4.69) is 16.7 Å². The van der Waals surface area contributed by atoms with Gasteiger partial charge < -0.3 is 4.57 Å². The van der Waals surface area contributed by atoms with Gasteiger partial charge >= 0.3 is 0 Å². The number of carbonyl (C=O) groups is 4. The number of rotatable bonds is 2. The third kappa shape index (κ3) is 2.48. The van der Waals surface area contributed by atoms with Crippen LogP contribution in [0.2, 0.25) is 0 Å². The number of hydrogen-bond acceptors (Lipinski definition) is 4. The molecule has 3 heterocycles. The second-order valence-electron chi connectivity index (χ2n) is 9.64. The molecule has 0 saturated carbocycles. The quantitative estimate of drug-likeness (QED) is 0.670. The molecule has 1 aromatic carbocycles. The minimum atomic E-state index is -0.321. The van der Waals surface area contributed by atoms with Crippen molar-refractivity contribution in [2.24, 2.45) is 23.7 Å². The molecule has 0 bridgehead atoms. The van der Waals surface area contributed by atoms with Crippen molar-refractivity contribution in [3.05, 3.63) is 58.4 Å². The van der Waals surface area contributed by atoms with Crippen molar-refractivity contribution in [2.45, 2.75) is 32.2 Å². The van der Waals surface area contributed by atoms with E-state index in [0.29, 0.717) is 32.2 Å². The minimum absolute atomic E-state index is 0.0973. The molecule has 0 N–H and O–H groups in total. The SMILES string of the molecule is CN1C(=O)[C@H]2Cc3c(c4c(n3Cc3ccccc3)C[C@@H]3C(=O)N(C)C(=O)[C@@H]3C4)C[C@H]2C1=O. The van der Waals surface area contributed by atoms with Crippen LogP contribution in [0.5, 0.6) is 0 Å². The summed E-state index contributed by atoms with van der Waals surface area (Å²) in [7, 11) is 3.15. The van der Waals surface area contributed by atoms with Gasteiger partial charge in [0, 0.05) is 44.9 Å². The van der Waals surface area contributed by atoms with Gasteiger partial charge in [0.05, 0.1) is 23.7 Å². The fourth-order valence-corrected chi connectivity index (χ4v) is 6.42. The van der Waals surface area contributed by atoms with Gasteiger partial charge in [-0.15, -0.1) is 0 Å². The Labute approximate surface area is 186 Å². The molecular formula is C25H25N3O4. The molecule has 6 rings (SSSR count). The number of amides is 4. The van der Waals surface area contributed by atoms with E-state index in [4.69, 9.17) is 0 Å². The maximum absolute atomic E-state index is 12.8. The summed E-state index contributed by atoms with van der Waals surface area (Å²) in [6, 6.07) is 10.1. The van der Waals surface area contributed by atoms with Crippen LogP contribution in [0, 0.1) is 23.7 Å². The molecule has 0 radical (unpaired) electrons. The van der Waals surface area contributed by atoms with Crippen molar-refractivity contribution in [3.8, 4) is 0 Å². The Morgan fingerprint density at radius 3 is 1.50 bits per heavy atom. The molecule has 0 spiro atoms. The van der Waals surface area contributed by atoms with Crippen LogP contribution >= 0.6 is 0 Å². The lowest BCUT2D eigenvalue weighted by Crippen LogP contribution is -2.30. The van der Waals surface area contributed by atoms with Gasteiger partial charge in [0.1, 0.15) is 0 Å². The minimum Gasteiger partial charge on any atom is -0.344 e. The van der Waals surface area contributed by atoms with Crippen LogP contribution in [-0.4, -0.2) is 52.1 Å². The highest BCUT2D eigenvalue weighted by atomic mass is 16.2. The lowest BCUT2D eigenvalue weighted by Gasteiger charge is -2.25. The molecule has 2 fully saturated rings. The normalized spacial score (nSPS) is 28.7. The first-order chi connectivity index (χ1) is 15.4. The second-order valence-corrected chi connectivity index (χ2v) is 9.64. The Balaban J connectivity index is 1.48. The maximum Gasteiger partial charge on any atom is 0.233 e. The van der Waals surface area contributed by atoms with Crippen LogP contribution in [0.3, 0.4) is 0 Å². The maximum atomic E-state index is 12.8. The van der Waals surface area contributed by atoms with Gasteiger partial charge in [0.2, 0.25) is 23.6 Å². The molecular weight excluding hydrogens is 406 g/mol. The number of imide groups is 2. The molecule has 0 unspecified atom stereocenters. The Bertz CT molecular complexity index is 1130. The largest absolute Gasteiger partial charge is 0.344 e. The Morgan fingerprint density at radius 1 is 0.656 bits per heavy atom. The number of nitrogens with zero attached hydrogens (tertiary/aromatic N) is 3. The van der Waals surface area contributed by atoms with Crippen molar-refractivity contribution in [2.75, 3.05) is 14.1 Å². The van der Waals surface area contributed by atoms with E-state index < -0.39 is 0 Å². The molecule has 2 aliphatic heterocycles. The monoisotopic (exact) mass is 431 g/mol. The van der Waals surface area contributed by atoms with Crippen LogP contribution < -0.4 is 0 Å². The smallest absolute Gasteiger partial charge is 0.233 e. The van der Waals surface area contributed by atoms with Crippen molar-refractivity contribution in [1.82, 2.24) is 14.4 Å². The summed E-state index contributed by atoms with van der Waals surface area (Å²) in [4.78, 5) is 53.5. The average molecular weight is 431 g/mol. The number of hydrogen-bond donors (Lipinski definition) is 0. The van der Waals surface area contributed by atoms with Gasteiger partial charge in [-0.25, -0.2) is 0 Å². The zero-order chi connectivity index (χ0) is 22.3. The molecule has 2 saturated heterocycles. The zero-order valence-corrected chi connectivity index (χ0v) is 18.2. The van der Waals surface area contributed by atoms with E-state index >= 15 is 0 Å². The van der Waals surface area contributed by atoms with Gasteiger partial charge in [-0.2, -0.15) is 0 Å². The average Bonchev–Trinajstić information content (AvgIpc) is 3.30. The van der Waals surface area contributed by atoms with Crippen LogP contribution in [0.15, 0.2) is 30.3 Å². The highest BCUT2D eigenvalue weighted by Crippen LogP contribution is 2.46. The van der Waals surface area contributed by atoms with Crippen LogP contribution in [0.25, 0.3) is 0 Å². The topological polar surface area (TPSA) is 79.7 Å². The predicted molar refractivity (Wildman–Crippen MR) is 114 cm³/mol. The third-order valence-electron chi connectivity index (χ3n) is 8.13. The number of aromatic nitrogens is 1. The predicted octanol–water partition coefficient (Wildman–Crippen LogP) is 1.20. The highest BCUT2D eigenvalue weighted by Gasteiger charge is 2.53. The summed E-state index contributed by atoms with van der Waals surface area (Å²) < 4.78 is 2.28. The summed E-state index contributed by atoms with van der Waals surface area (Å²) >= 11 is 0. The Morgan fingerprint density at radius 2 is 1.06 bits per heavy atom. The summed E-state index contributed by atoms with van der Waals surface area (Å²) in [5.74, 6) is -1.68. The lowest BCUT2D eigenvalue weighted by atomic mass is 9.74. The highest BCUT2D eigenvalue weighted by molar-refractivity contribution is 6.06. The van der Waals surface area contributed by atoms with Gasteiger partial charge in [-0.1, -0.05) is 30.3 Å². The van der Waals surface area contributed by atoms with E-state index in [1.165, 1.54) is 9.80 Å². The van der Waals surface area contributed by atoms with Gasteiger partial charge in [0.15, 0.2) is 0 Å². The second kappa shape index (κ2) is 6.64. The van der Waals surface area contributed by atoms with Crippen molar-refractivity contribution in [3.63, 3.8) is 0 Å². The molecule has 4 atom stereocenters. The number of likely N-dealkylation sites (tertiary alicyclic amines) is 2. The van der Waals surface area contributed by atoms with E-state index in [0.717, 1.165) is 28.1 Å². The first-order valence-corrected chi connectivity index (χ1v) is 11.3. The number of fused-ring (bicyclic) bond motifs is 5. The van der Waals surface area contributed by atoms with Gasteiger partial charge in [-0.05, 0) is 29.5 Å². The molecule has 4 aliphatic rings. The summed E-state index contributed by atoms with van der Waals surface area (Å²) in [6.45, 7) is 0.656. The molecule has 7 heteroatoms. The summed E-state index contributed by atoms with van der Waals surface area (Å²) in [5, 5.41) is 0. The van der Waals surface area contributed by atoms with Crippen molar-refractivity contribution >= 4 is 23.6 Å². The standard InChI is InChI=1S/C25H25N3O4/c1-26-22(29)16-8-14-15-9-17-19(25(32)27(2)23(17)30)11-21(15)28(12-13-6-4-3-5-7-13)20(14)10-18(16)24(26)31/h3-7,16-19H,8-12H2,1-2H3/t16-,17-,18+,19+/m1/s1. The first kappa shape index (κ1) is 19.5. The lowest BCUT2D eigenvalue weighted by molar-refractivity contribution is -0.139. The molecule has 32 heavy (non-hydrogen) atoms. The fraction of sp³-hybridized carbons (Fsp3) is 0.440. The summed E-state index contributed by atoms with van der Waals surface area (Å²) in [5.41, 5.74) is 5.60. The zero-order valence-electron chi connectivity index (χ0n) is 18.2. The van der Waals surface area contributed by atoms with Crippen molar-refractivity contribution in [1.29, 1.82) is 0 Å². The third-order valence-corrected chi connectivity index (χ3v) is 8.13. The van der Waals surface area contributed by atoms with Gasteiger partial charge in [0.25, 0.3) is 0 Å². The Kier molecular flexibility index (Phi) is 4.04. The summed E-state index contributed by atoms with van der Waals surface area (Å²) in [6.07, 6.45) is 2.14. The first-order valence-electron chi connectivity index (χ1n) is 11.3. The molecule has 164 valence electrons. The van der Waals surface area contributed by atoms with Crippen LogP contribution in [0.4, 0.5) is 0 Å². The number of benzene rings is 1. The molecule has 1 aromatic heterocycles. The number of carbonyl (C=O) groups excluding carboxylic acids is 4. The van der Waals surface area contributed by atoms with Crippen LogP contribution in [-0.2, 0) is 51.4 Å². The Hall–Kier alpha value is -3.22. The fourth-order valence-electron chi connectivity index (χ4n) is 6.42. The van der Waals surface area contributed by atoms with Gasteiger partial charge in [-0.3, -0.25) is 29.0 Å². The van der Waals surface area contributed by atoms with Crippen molar-refractivity contribution < 1.29 is 19.2 Å².